The minimum absolute atomic E-state index is 0.0314. The van der Waals surface area contributed by atoms with Crippen LogP contribution < -0.4 is 9.64 Å². The highest BCUT2D eigenvalue weighted by atomic mass is 16.5. The highest BCUT2D eigenvalue weighted by Crippen LogP contribution is 2.40. The third-order valence-electron chi connectivity index (χ3n) is 7.11. The summed E-state index contributed by atoms with van der Waals surface area (Å²) >= 11 is 0. The van der Waals surface area contributed by atoms with Gasteiger partial charge in [-0.25, -0.2) is 4.98 Å². The zero-order valence-corrected chi connectivity index (χ0v) is 19.7. The van der Waals surface area contributed by atoms with Crippen molar-refractivity contribution in [2.24, 2.45) is 17.3 Å². The first-order valence-corrected chi connectivity index (χ1v) is 11.8. The molecule has 1 saturated carbocycles. The number of hydrogen-bond acceptors (Lipinski definition) is 5. The SMILES string of the molecule is Cc1ncc(-c2ccc(OCC3CC(C)C3)nc2)c(N2CCC(C)(C)CC2)c1CC(=O)O. The van der Waals surface area contributed by atoms with E-state index >= 15 is 0 Å². The Morgan fingerprint density at radius 2 is 1.91 bits per heavy atom. The van der Waals surface area contributed by atoms with E-state index in [0.717, 1.165) is 66.5 Å². The smallest absolute Gasteiger partial charge is 0.307 e. The Kier molecular flexibility index (Phi) is 6.40. The summed E-state index contributed by atoms with van der Waals surface area (Å²) in [6.45, 7) is 11.3. The number of nitrogens with zero attached hydrogens (tertiary/aromatic N) is 3. The molecule has 6 nitrogen and oxygen atoms in total. The molecule has 1 aliphatic carbocycles. The zero-order valence-electron chi connectivity index (χ0n) is 19.7. The number of aliphatic carboxylic acids is 1. The molecule has 0 spiro atoms. The Labute approximate surface area is 191 Å². The molecule has 1 saturated heterocycles. The average molecular weight is 438 g/mol. The van der Waals surface area contributed by atoms with Gasteiger partial charge in [0, 0.05) is 53.9 Å². The molecule has 0 atom stereocenters. The van der Waals surface area contributed by atoms with E-state index in [4.69, 9.17) is 4.74 Å². The first-order valence-electron chi connectivity index (χ1n) is 11.8. The molecule has 0 amide bonds. The third-order valence-corrected chi connectivity index (χ3v) is 7.11. The van der Waals surface area contributed by atoms with Crippen molar-refractivity contribution in [3.63, 3.8) is 0 Å². The lowest BCUT2D eigenvalue weighted by Gasteiger charge is -2.40. The maximum Gasteiger partial charge on any atom is 0.307 e. The minimum Gasteiger partial charge on any atom is -0.481 e. The molecule has 6 heteroatoms. The van der Waals surface area contributed by atoms with Gasteiger partial charge < -0.3 is 14.7 Å². The molecular formula is C26H35N3O3. The summed E-state index contributed by atoms with van der Waals surface area (Å²) in [4.78, 5) is 23.1. The summed E-state index contributed by atoms with van der Waals surface area (Å²) in [5.74, 6) is 1.26. The standard InChI is InChI=1S/C26H35N3O3/c1-17-11-19(12-17)16-32-23-6-5-20(14-28-23)22-15-27-18(2)21(13-24(30)31)25(22)29-9-7-26(3,4)8-10-29/h5-6,14-15,17,19H,7-13,16H2,1-4H3,(H,30,31). The van der Waals surface area contributed by atoms with E-state index in [1.165, 1.54) is 12.8 Å². The van der Waals surface area contributed by atoms with Crippen molar-refractivity contribution in [1.29, 1.82) is 0 Å². The number of hydrogen-bond donors (Lipinski definition) is 1. The van der Waals surface area contributed by atoms with Crippen molar-refractivity contribution in [1.82, 2.24) is 9.97 Å². The van der Waals surface area contributed by atoms with Gasteiger partial charge in [0.1, 0.15) is 0 Å². The number of anilines is 1. The van der Waals surface area contributed by atoms with E-state index < -0.39 is 5.97 Å². The Morgan fingerprint density at radius 3 is 2.50 bits per heavy atom. The van der Waals surface area contributed by atoms with E-state index in [1.54, 1.807) is 0 Å². The molecule has 172 valence electrons. The van der Waals surface area contributed by atoms with Gasteiger partial charge in [0.15, 0.2) is 0 Å². The topological polar surface area (TPSA) is 75.6 Å². The fraction of sp³-hybridized carbons (Fsp3) is 0.577. The fourth-order valence-electron chi connectivity index (χ4n) is 4.94. The van der Waals surface area contributed by atoms with Crippen molar-refractivity contribution in [2.75, 3.05) is 24.6 Å². The van der Waals surface area contributed by atoms with Gasteiger partial charge in [0.25, 0.3) is 0 Å². The van der Waals surface area contributed by atoms with E-state index in [1.807, 2.05) is 31.5 Å². The molecule has 32 heavy (non-hydrogen) atoms. The van der Waals surface area contributed by atoms with Crippen molar-refractivity contribution in [2.45, 2.75) is 59.8 Å². The van der Waals surface area contributed by atoms with Gasteiger partial charge in [-0.15, -0.1) is 0 Å². The van der Waals surface area contributed by atoms with Gasteiger partial charge in [-0.3, -0.25) is 9.78 Å². The predicted octanol–water partition coefficient (Wildman–Crippen LogP) is 5.13. The molecule has 2 aliphatic rings. The van der Waals surface area contributed by atoms with Crippen LogP contribution in [0.25, 0.3) is 11.1 Å². The summed E-state index contributed by atoms with van der Waals surface area (Å²) in [6.07, 6.45) is 8.27. The highest BCUT2D eigenvalue weighted by molar-refractivity contribution is 5.84. The summed E-state index contributed by atoms with van der Waals surface area (Å²) in [6, 6.07) is 3.93. The Hall–Kier alpha value is -2.63. The monoisotopic (exact) mass is 437 g/mol. The largest absolute Gasteiger partial charge is 0.481 e. The molecule has 3 heterocycles. The van der Waals surface area contributed by atoms with Gasteiger partial charge in [0.05, 0.1) is 18.7 Å². The summed E-state index contributed by atoms with van der Waals surface area (Å²) in [5.41, 5.74) is 4.76. The number of carbonyl (C=O) groups is 1. The highest BCUT2D eigenvalue weighted by Gasteiger charge is 2.29. The van der Waals surface area contributed by atoms with E-state index in [9.17, 15) is 9.90 Å². The van der Waals surface area contributed by atoms with Crippen LogP contribution in [0.4, 0.5) is 5.69 Å². The molecule has 4 rings (SSSR count). The average Bonchev–Trinajstić information content (AvgIpc) is 2.72. The number of aromatic nitrogens is 2. The minimum atomic E-state index is -0.835. The van der Waals surface area contributed by atoms with Crippen molar-refractivity contribution in [3.05, 3.63) is 35.8 Å². The van der Waals surface area contributed by atoms with E-state index in [-0.39, 0.29) is 6.42 Å². The number of pyridine rings is 2. The number of carboxylic acids is 1. The molecule has 2 fully saturated rings. The van der Waals surface area contributed by atoms with Crippen LogP contribution in [0.2, 0.25) is 0 Å². The summed E-state index contributed by atoms with van der Waals surface area (Å²) in [7, 11) is 0. The quantitative estimate of drug-likeness (QED) is 0.647. The number of piperidine rings is 1. The second-order valence-electron chi connectivity index (χ2n) is 10.4. The lowest BCUT2D eigenvalue weighted by atomic mass is 9.77. The number of carboxylic acid groups (broad SMARTS) is 1. The van der Waals surface area contributed by atoms with E-state index in [2.05, 4.69) is 35.6 Å². The van der Waals surface area contributed by atoms with Gasteiger partial charge in [-0.1, -0.05) is 20.8 Å². The number of aryl methyl sites for hydroxylation is 1. The number of rotatable bonds is 7. The van der Waals surface area contributed by atoms with Gasteiger partial charge in [0.2, 0.25) is 5.88 Å². The van der Waals surface area contributed by atoms with Crippen LogP contribution in [0, 0.1) is 24.2 Å². The first-order chi connectivity index (χ1) is 15.2. The molecule has 2 aromatic heterocycles. The molecule has 1 N–H and O–H groups in total. The van der Waals surface area contributed by atoms with Crippen LogP contribution in [-0.4, -0.2) is 40.7 Å². The van der Waals surface area contributed by atoms with Gasteiger partial charge in [-0.05, 0) is 55.9 Å². The summed E-state index contributed by atoms with van der Waals surface area (Å²) in [5, 5.41) is 9.57. The lowest BCUT2D eigenvalue weighted by molar-refractivity contribution is -0.136. The lowest BCUT2D eigenvalue weighted by Crippen LogP contribution is -2.38. The van der Waals surface area contributed by atoms with Gasteiger partial charge in [-0.2, -0.15) is 0 Å². The van der Waals surface area contributed by atoms with Crippen molar-refractivity contribution >= 4 is 11.7 Å². The maximum atomic E-state index is 11.7. The maximum absolute atomic E-state index is 11.7. The van der Waals surface area contributed by atoms with Crippen LogP contribution in [0.5, 0.6) is 5.88 Å². The van der Waals surface area contributed by atoms with E-state index in [0.29, 0.717) is 17.2 Å². The molecule has 0 unspecified atom stereocenters. The Bertz CT molecular complexity index is 955. The van der Waals surface area contributed by atoms with Crippen molar-refractivity contribution in [3.8, 4) is 17.0 Å². The van der Waals surface area contributed by atoms with Crippen LogP contribution >= 0.6 is 0 Å². The second kappa shape index (κ2) is 9.08. The molecule has 0 bridgehead atoms. The number of ether oxygens (including phenoxy) is 1. The molecule has 0 aromatic carbocycles. The van der Waals surface area contributed by atoms with Gasteiger partial charge >= 0.3 is 5.97 Å². The predicted molar refractivity (Wildman–Crippen MR) is 126 cm³/mol. The first kappa shape index (κ1) is 22.6. The third kappa shape index (κ3) is 5.05. The van der Waals surface area contributed by atoms with Crippen LogP contribution in [0.1, 0.15) is 57.7 Å². The molecule has 0 radical (unpaired) electrons. The molecular weight excluding hydrogens is 402 g/mol. The second-order valence-corrected chi connectivity index (χ2v) is 10.4. The Morgan fingerprint density at radius 1 is 1.19 bits per heavy atom. The normalized spacial score (nSPS) is 22.3. The Balaban J connectivity index is 1.61. The van der Waals surface area contributed by atoms with Crippen LogP contribution in [0.15, 0.2) is 24.5 Å². The molecule has 1 aliphatic heterocycles. The zero-order chi connectivity index (χ0) is 22.9. The van der Waals surface area contributed by atoms with Crippen molar-refractivity contribution < 1.29 is 14.6 Å². The summed E-state index contributed by atoms with van der Waals surface area (Å²) < 4.78 is 5.90. The molecule has 2 aromatic rings. The fourth-order valence-corrected chi connectivity index (χ4v) is 4.94. The van der Waals surface area contributed by atoms with Crippen LogP contribution in [0.3, 0.4) is 0 Å². The van der Waals surface area contributed by atoms with Crippen LogP contribution in [-0.2, 0) is 11.2 Å².